The first-order valence-corrected chi connectivity index (χ1v) is 9.12. The summed E-state index contributed by atoms with van der Waals surface area (Å²) in [5.74, 6) is 2.52. The highest BCUT2D eigenvalue weighted by Crippen LogP contribution is 2.29. The molecular formula is C17H26N2O2S2. The van der Waals surface area contributed by atoms with Crippen LogP contribution in [0.5, 0.6) is 11.5 Å². The Hall–Kier alpha value is -0.980. The molecule has 0 unspecified atom stereocenters. The van der Waals surface area contributed by atoms with E-state index in [4.69, 9.17) is 21.7 Å². The Morgan fingerprint density at radius 3 is 2.48 bits per heavy atom. The SMILES string of the molecule is COc1ccc(CCN2CSC(=S)N(C(C)(C)C)C2)cc1OC. The van der Waals surface area contributed by atoms with E-state index in [0.29, 0.717) is 0 Å². The highest BCUT2D eigenvalue weighted by molar-refractivity contribution is 8.22. The molecule has 1 aromatic carbocycles. The van der Waals surface area contributed by atoms with Crippen molar-refractivity contribution in [2.45, 2.75) is 32.7 Å². The van der Waals surface area contributed by atoms with Crippen molar-refractivity contribution in [2.75, 3.05) is 33.3 Å². The molecule has 1 aliphatic heterocycles. The van der Waals surface area contributed by atoms with Crippen LogP contribution >= 0.6 is 24.0 Å². The van der Waals surface area contributed by atoms with E-state index in [1.807, 2.05) is 6.07 Å². The van der Waals surface area contributed by atoms with Crippen molar-refractivity contribution in [1.82, 2.24) is 9.80 Å². The van der Waals surface area contributed by atoms with E-state index < -0.39 is 0 Å². The lowest BCUT2D eigenvalue weighted by Gasteiger charge is -2.44. The lowest BCUT2D eigenvalue weighted by atomic mass is 10.1. The van der Waals surface area contributed by atoms with E-state index >= 15 is 0 Å². The minimum absolute atomic E-state index is 0.0616. The fraction of sp³-hybridized carbons (Fsp3) is 0.588. The van der Waals surface area contributed by atoms with Gasteiger partial charge in [-0.1, -0.05) is 30.0 Å². The minimum atomic E-state index is 0.0616. The fourth-order valence-corrected chi connectivity index (χ4v) is 3.95. The molecule has 1 aliphatic rings. The number of nitrogens with zero attached hydrogens (tertiary/aromatic N) is 2. The molecule has 0 atom stereocenters. The molecule has 0 amide bonds. The molecule has 1 fully saturated rings. The van der Waals surface area contributed by atoms with Crippen LogP contribution < -0.4 is 9.47 Å². The van der Waals surface area contributed by atoms with Gasteiger partial charge in [-0.15, -0.1) is 0 Å². The van der Waals surface area contributed by atoms with E-state index in [1.165, 1.54) is 5.56 Å². The van der Waals surface area contributed by atoms with Crippen LogP contribution in [0.4, 0.5) is 0 Å². The van der Waals surface area contributed by atoms with Crippen LogP contribution in [0.25, 0.3) is 0 Å². The first-order chi connectivity index (χ1) is 10.8. The summed E-state index contributed by atoms with van der Waals surface area (Å²) in [6.07, 6.45) is 0.978. The zero-order valence-corrected chi connectivity index (χ0v) is 16.2. The summed E-state index contributed by atoms with van der Waals surface area (Å²) < 4.78 is 11.7. The Bertz CT molecular complexity index is 558. The molecule has 23 heavy (non-hydrogen) atoms. The van der Waals surface area contributed by atoms with Gasteiger partial charge in [-0.05, 0) is 44.9 Å². The van der Waals surface area contributed by atoms with Gasteiger partial charge in [-0.3, -0.25) is 4.90 Å². The molecular weight excluding hydrogens is 328 g/mol. The molecule has 1 heterocycles. The van der Waals surface area contributed by atoms with Gasteiger partial charge in [0.15, 0.2) is 11.5 Å². The van der Waals surface area contributed by atoms with E-state index in [2.05, 4.69) is 42.7 Å². The first-order valence-electron chi connectivity index (χ1n) is 7.73. The number of benzene rings is 1. The van der Waals surface area contributed by atoms with Gasteiger partial charge in [0.1, 0.15) is 4.32 Å². The Kier molecular flexibility index (Phi) is 6.17. The molecule has 128 valence electrons. The van der Waals surface area contributed by atoms with Gasteiger partial charge in [0.25, 0.3) is 0 Å². The number of methoxy groups -OCH3 is 2. The average Bonchev–Trinajstić information content (AvgIpc) is 2.52. The highest BCUT2D eigenvalue weighted by Gasteiger charge is 2.29. The van der Waals surface area contributed by atoms with Gasteiger partial charge in [-0.2, -0.15) is 0 Å². The average molecular weight is 355 g/mol. The van der Waals surface area contributed by atoms with Crippen molar-refractivity contribution in [1.29, 1.82) is 0 Å². The number of hydrogen-bond acceptors (Lipinski definition) is 5. The van der Waals surface area contributed by atoms with Crippen molar-refractivity contribution in [3.8, 4) is 11.5 Å². The maximum Gasteiger partial charge on any atom is 0.160 e. The van der Waals surface area contributed by atoms with Crippen molar-refractivity contribution in [3.05, 3.63) is 23.8 Å². The van der Waals surface area contributed by atoms with E-state index in [1.54, 1.807) is 26.0 Å². The monoisotopic (exact) mass is 354 g/mol. The lowest BCUT2D eigenvalue weighted by molar-refractivity contribution is 0.139. The number of rotatable bonds is 5. The van der Waals surface area contributed by atoms with Crippen LogP contribution in [0.15, 0.2) is 18.2 Å². The van der Waals surface area contributed by atoms with Crippen LogP contribution in [0.1, 0.15) is 26.3 Å². The maximum absolute atomic E-state index is 5.50. The molecule has 0 N–H and O–H groups in total. The van der Waals surface area contributed by atoms with E-state index in [-0.39, 0.29) is 5.54 Å². The minimum Gasteiger partial charge on any atom is -0.493 e. The molecule has 2 rings (SSSR count). The standard InChI is InChI=1S/C17H26N2O2S2/c1-17(2,3)19-11-18(12-23-16(19)22)9-8-13-6-7-14(20-4)15(10-13)21-5/h6-7,10H,8-9,11-12H2,1-5H3. The largest absolute Gasteiger partial charge is 0.493 e. The molecule has 0 bridgehead atoms. The second kappa shape index (κ2) is 7.73. The molecule has 4 nitrogen and oxygen atoms in total. The summed E-state index contributed by atoms with van der Waals surface area (Å²) in [5.41, 5.74) is 1.31. The quantitative estimate of drug-likeness (QED) is 0.750. The van der Waals surface area contributed by atoms with Crippen LogP contribution in [-0.4, -0.2) is 53.0 Å². The van der Waals surface area contributed by atoms with Gasteiger partial charge >= 0.3 is 0 Å². The van der Waals surface area contributed by atoms with Gasteiger partial charge in [-0.25, -0.2) is 0 Å². The Labute approximate surface area is 149 Å². The van der Waals surface area contributed by atoms with Gasteiger partial charge in [0.05, 0.1) is 26.8 Å². The number of thioether (sulfide) groups is 1. The molecule has 1 saturated heterocycles. The topological polar surface area (TPSA) is 24.9 Å². The number of hydrogen-bond donors (Lipinski definition) is 0. The molecule has 0 aliphatic carbocycles. The smallest absolute Gasteiger partial charge is 0.160 e. The number of thiocarbonyl (C=S) groups is 1. The summed E-state index contributed by atoms with van der Waals surface area (Å²) in [6.45, 7) is 8.51. The van der Waals surface area contributed by atoms with Crippen molar-refractivity contribution >= 4 is 28.3 Å². The molecule has 1 aromatic rings. The Morgan fingerprint density at radius 2 is 1.87 bits per heavy atom. The highest BCUT2D eigenvalue weighted by atomic mass is 32.2. The molecule has 0 aromatic heterocycles. The second-order valence-corrected chi connectivity index (χ2v) is 8.19. The van der Waals surface area contributed by atoms with Gasteiger partial charge in [0.2, 0.25) is 0 Å². The zero-order chi connectivity index (χ0) is 17.0. The van der Waals surface area contributed by atoms with E-state index in [9.17, 15) is 0 Å². The summed E-state index contributed by atoms with van der Waals surface area (Å²) in [5, 5.41) is 0. The number of ether oxygens (including phenoxy) is 2. The maximum atomic E-state index is 5.50. The molecule has 0 spiro atoms. The third-order valence-electron chi connectivity index (χ3n) is 3.91. The summed E-state index contributed by atoms with van der Waals surface area (Å²) in [7, 11) is 3.33. The summed E-state index contributed by atoms with van der Waals surface area (Å²) in [6, 6.07) is 6.13. The normalized spacial score (nSPS) is 16.6. The molecule has 0 saturated carbocycles. The third kappa shape index (κ3) is 4.75. The first kappa shape index (κ1) is 18.4. The van der Waals surface area contributed by atoms with Gasteiger partial charge < -0.3 is 14.4 Å². The van der Waals surface area contributed by atoms with Crippen LogP contribution in [-0.2, 0) is 6.42 Å². The van der Waals surface area contributed by atoms with Crippen LogP contribution in [0.2, 0.25) is 0 Å². The zero-order valence-electron chi connectivity index (χ0n) is 14.6. The predicted octanol–water partition coefficient (Wildman–Crippen LogP) is 3.60. The Balaban J connectivity index is 1.97. The van der Waals surface area contributed by atoms with E-state index in [0.717, 1.165) is 41.3 Å². The lowest BCUT2D eigenvalue weighted by Crippen LogP contribution is -2.53. The Morgan fingerprint density at radius 1 is 1.17 bits per heavy atom. The van der Waals surface area contributed by atoms with Gasteiger partial charge in [0, 0.05) is 12.1 Å². The third-order valence-corrected chi connectivity index (χ3v) is 5.44. The van der Waals surface area contributed by atoms with Crippen molar-refractivity contribution < 1.29 is 9.47 Å². The van der Waals surface area contributed by atoms with Crippen molar-refractivity contribution in [3.63, 3.8) is 0 Å². The molecule has 6 heteroatoms. The molecule has 0 radical (unpaired) electrons. The predicted molar refractivity (Wildman–Crippen MR) is 101 cm³/mol. The summed E-state index contributed by atoms with van der Waals surface area (Å²) in [4.78, 5) is 4.73. The van der Waals surface area contributed by atoms with Crippen LogP contribution in [0.3, 0.4) is 0 Å². The van der Waals surface area contributed by atoms with Crippen molar-refractivity contribution in [2.24, 2.45) is 0 Å². The van der Waals surface area contributed by atoms with Crippen LogP contribution in [0, 0.1) is 0 Å². The summed E-state index contributed by atoms with van der Waals surface area (Å²) >= 11 is 7.25. The fourth-order valence-electron chi connectivity index (χ4n) is 2.47. The second-order valence-electron chi connectivity index (χ2n) is 6.61.